The number of rotatable bonds is 8. The summed E-state index contributed by atoms with van der Waals surface area (Å²) in [7, 11) is 0. The number of carbonyl (C=O) groups excluding carboxylic acids is 1. The van der Waals surface area contributed by atoms with E-state index in [9.17, 15) is 9.18 Å². The van der Waals surface area contributed by atoms with Crippen LogP contribution in [0.1, 0.15) is 28.7 Å². The zero-order chi connectivity index (χ0) is 20.6. The molecule has 29 heavy (non-hydrogen) atoms. The molecule has 0 bridgehead atoms. The highest BCUT2D eigenvalue weighted by Gasteiger charge is 2.07. The van der Waals surface area contributed by atoms with Crippen LogP contribution >= 0.6 is 0 Å². The molecule has 1 heterocycles. The molecule has 0 fully saturated rings. The number of ether oxygens (including phenoxy) is 1. The van der Waals surface area contributed by atoms with E-state index in [1.165, 1.54) is 12.1 Å². The summed E-state index contributed by atoms with van der Waals surface area (Å²) in [6, 6.07) is 15.3. The van der Waals surface area contributed by atoms with Gasteiger partial charge in [0.05, 0.1) is 12.2 Å². The van der Waals surface area contributed by atoms with Crippen LogP contribution in [0.3, 0.4) is 0 Å². The number of hydrogen-bond donors (Lipinski definition) is 2. The minimum Gasteiger partial charge on any atom is -0.462 e. The second kappa shape index (κ2) is 9.64. The van der Waals surface area contributed by atoms with Crippen molar-refractivity contribution in [3.8, 4) is 0 Å². The summed E-state index contributed by atoms with van der Waals surface area (Å²) in [5.41, 5.74) is 2.34. The fourth-order valence-electron chi connectivity index (χ4n) is 2.76. The average Bonchev–Trinajstić information content (AvgIpc) is 2.70. The summed E-state index contributed by atoms with van der Waals surface area (Å²) in [5.74, 6) is 1.39. The van der Waals surface area contributed by atoms with E-state index in [0.29, 0.717) is 36.2 Å². The van der Waals surface area contributed by atoms with Crippen LogP contribution in [0.25, 0.3) is 0 Å². The molecule has 0 aliphatic rings. The van der Waals surface area contributed by atoms with Gasteiger partial charge in [-0.25, -0.2) is 19.2 Å². The van der Waals surface area contributed by atoms with Gasteiger partial charge in [0, 0.05) is 18.3 Å². The molecule has 150 valence electrons. The largest absolute Gasteiger partial charge is 0.462 e. The van der Waals surface area contributed by atoms with Crippen molar-refractivity contribution in [3.63, 3.8) is 0 Å². The van der Waals surface area contributed by atoms with Crippen molar-refractivity contribution in [2.75, 3.05) is 23.8 Å². The Hall–Kier alpha value is -3.48. The summed E-state index contributed by atoms with van der Waals surface area (Å²) in [6.07, 6.45) is 0.751. The summed E-state index contributed by atoms with van der Waals surface area (Å²) in [5, 5.41) is 6.48. The molecule has 3 aromatic rings. The van der Waals surface area contributed by atoms with E-state index in [0.717, 1.165) is 17.7 Å². The maximum atomic E-state index is 13.0. The van der Waals surface area contributed by atoms with E-state index in [-0.39, 0.29) is 11.8 Å². The molecule has 1 aromatic heterocycles. The number of hydrogen-bond acceptors (Lipinski definition) is 6. The molecule has 0 saturated heterocycles. The quantitative estimate of drug-likeness (QED) is 0.548. The molecule has 7 heteroatoms. The van der Waals surface area contributed by atoms with E-state index in [4.69, 9.17) is 4.74 Å². The molecular formula is C22H23FN4O2. The molecule has 0 unspecified atom stereocenters. The maximum Gasteiger partial charge on any atom is 0.338 e. The normalized spacial score (nSPS) is 10.4. The molecule has 2 aromatic carbocycles. The van der Waals surface area contributed by atoms with Gasteiger partial charge in [0.1, 0.15) is 23.3 Å². The number of aryl methyl sites for hydroxylation is 1. The van der Waals surface area contributed by atoms with Crippen LogP contribution in [0, 0.1) is 12.7 Å². The summed E-state index contributed by atoms with van der Waals surface area (Å²) in [4.78, 5) is 20.5. The molecule has 0 atom stereocenters. The number of anilines is 3. The van der Waals surface area contributed by atoms with E-state index in [1.807, 2.05) is 13.0 Å². The van der Waals surface area contributed by atoms with Crippen molar-refractivity contribution in [2.45, 2.75) is 20.3 Å². The summed E-state index contributed by atoms with van der Waals surface area (Å²) < 4.78 is 18.0. The third-order valence-corrected chi connectivity index (χ3v) is 4.14. The third-order valence-electron chi connectivity index (χ3n) is 4.14. The Balaban J connectivity index is 1.61. The van der Waals surface area contributed by atoms with Crippen molar-refractivity contribution in [1.82, 2.24) is 9.97 Å². The first-order chi connectivity index (χ1) is 14.0. The highest BCUT2D eigenvalue weighted by Crippen LogP contribution is 2.18. The molecule has 0 saturated carbocycles. The van der Waals surface area contributed by atoms with Gasteiger partial charge < -0.3 is 15.4 Å². The zero-order valence-corrected chi connectivity index (χ0v) is 16.4. The van der Waals surface area contributed by atoms with Crippen LogP contribution < -0.4 is 10.6 Å². The van der Waals surface area contributed by atoms with Crippen LogP contribution in [-0.4, -0.2) is 29.1 Å². The minimum atomic E-state index is -0.343. The summed E-state index contributed by atoms with van der Waals surface area (Å²) in [6.45, 7) is 4.60. The lowest BCUT2D eigenvalue weighted by atomic mass is 10.1. The molecule has 6 nitrogen and oxygen atoms in total. The Bertz CT molecular complexity index is 960. The smallest absolute Gasteiger partial charge is 0.338 e. The minimum absolute atomic E-state index is 0.237. The number of halogens is 1. The van der Waals surface area contributed by atoms with Crippen molar-refractivity contribution in [3.05, 3.63) is 77.4 Å². The van der Waals surface area contributed by atoms with Gasteiger partial charge in [-0.3, -0.25) is 0 Å². The highest BCUT2D eigenvalue weighted by atomic mass is 19.1. The lowest BCUT2D eigenvalue weighted by Crippen LogP contribution is -2.08. The first kappa shape index (κ1) is 20.3. The van der Waals surface area contributed by atoms with Crippen molar-refractivity contribution in [1.29, 1.82) is 0 Å². The number of nitrogens with one attached hydrogen (secondary N) is 2. The molecule has 3 rings (SSSR count). The fraction of sp³-hybridized carbons (Fsp3) is 0.227. The Labute approximate surface area is 169 Å². The Kier molecular flexibility index (Phi) is 6.73. The Morgan fingerprint density at radius 3 is 2.41 bits per heavy atom. The van der Waals surface area contributed by atoms with E-state index < -0.39 is 0 Å². The molecule has 0 aliphatic carbocycles. The van der Waals surface area contributed by atoms with Gasteiger partial charge in [-0.2, -0.15) is 0 Å². The highest BCUT2D eigenvalue weighted by molar-refractivity contribution is 5.89. The standard InChI is InChI=1S/C22H23FN4O2/c1-3-29-22(28)17-6-10-19(11-7-17)27-21-14-20(25-15(2)26-21)24-13-12-16-4-8-18(23)9-5-16/h4-11,14H,3,12-13H2,1-2H3,(H2,24,25,26,27). The van der Waals surface area contributed by atoms with Crippen molar-refractivity contribution >= 4 is 23.3 Å². The predicted molar refractivity (Wildman–Crippen MR) is 111 cm³/mol. The molecule has 0 radical (unpaired) electrons. The number of carbonyl (C=O) groups is 1. The number of benzene rings is 2. The Morgan fingerprint density at radius 1 is 1.03 bits per heavy atom. The van der Waals surface area contributed by atoms with Crippen LogP contribution in [0.5, 0.6) is 0 Å². The van der Waals surface area contributed by atoms with Gasteiger partial charge in [0.2, 0.25) is 0 Å². The average molecular weight is 394 g/mol. The van der Waals surface area contributed by atoms with Crippen LogP contribution in [0.15, 0.2) is 54.6 Å². The molecule has 0 spiro atoms. The monoisotopic (exact) mass is 394 g/mol. The second-order valence-electron chi connectivity index (χ2n) is 6.41. The van der Waals surface area contributed by atoms with E-state index >= 15 is 0 Å². The lowest BCUT2D eigenvalue weighted by Gasteiger charge is -2.11. The van der Waals surface area contributed by atoms with Crippen molar-refractivity contribution in [2.24, 2.45) is 0 Å². The van der Waals surface area contributed by atoms with E-state index in [1.54, 1.807) is 43.3 Å². The fourth-order valence-corrected chi connectivity index (χ4v) is 2.76. The van der Waals surface area contributed by atoms with Crippen LogP contribution in [0.4, 0.5) is 21.7 Å². The van der Waals surface area contributed by atoms with Crippen molar-refractivity contribution < 1.29 is 13.9 Å². The van der Waals surface area contributed by atoms with Crippen LogP contribution in [0.2, 0.25) is 0 Å². The molecule has 0 aliphatic heterocycles. The Morgan fingerprint density at radius 2 is 1.72 bits per heavy atom. The predicted octanol–water partition coefficient (Wildman–Crippen LogP) is 4.50. The first-order valence-corrected chi connectivity index (χ1v) is 9.41. The summed E-state index contributed by atoms with van der Waals surface area (Å²) >= 11 is 0. The van der Waals surface area contributed by atoms with Crippen LogP contribution in [-0.2, 0) is 11.2 Å². The lowest BCUT2D eigenvalue weighted by molar-refractivity contribution is 0.0526. The number of nitrogens with zero attached hydrogens (tertiary/aromatic N) is 2. The maximum absolute atomic E-state index is 13.0. The zero-order valence-electron chi connectivity index (χ0n) is 16.4. The van der Waals surface area contributed by atoms with Gasteiger partial charge in [-0.1, -0.05) is 12.1 Å². The molecule has 0 amide bonds. The first-order valence-electron chi connectivity index (χ1n) is 9.41. The third kappa shape index (κ3) is 6.00. The van der Waals surface area contributed by atoms with Gasteiger partial charge in [0.15, 0.2) is 0 Å². The SMILES string of the molecule is CCOC(=O)c1ccc(Nc2cc(NCCc3ccc(F)cc3)nc(C)n2)cc1. The van der Waals surface area contributed by atoms with Gasteiger partial charge >= 0.3 is 5.97 Å². The number of esters is 1. The van der Waals surface area contributed by atoms with Gasteiger partial charge in [-0.05, 0) is 62.2 Å². The second-order valence-corrected chi connectivity index (χ2v) is 6.41. The van der Waals surface area contributed by atoms with Gasteiger partial charge in [-0.15, -0.1) is 0 Å². The van der Waals surface area contributed by atoms with Gasteiger partial charge in [0.25, 0.3) is 0 Å². The molecule has 2 N–H and O–H groups in total. The van der Waals surface area contributed by atoms with E-state index in [2.05, 4.69) is 20.6 Å². The molecular weight excluding hydrogens is 371 g/mol. The number of aromatic nitrogens is 2. The topological polar surface area (TPSA) is 76.1 Å².